The van der Waals surface area contributed by atoms with Gasteiger partial charge in [-0.05, 0) is 18.1 Å². The summed E-state index contributed by atoms with van der Waals surface area (Å²) in [4.78, 5) is 51.0. The van der Waals surface area contributed by atoms with E-state index in [9.17, 15) is 24.5 Å². The van der Waals surface area contributed by atoms with Crippen LogP contribution in [0.25, 0.3) is 10.9 Å². The number of aromatic nitrogens is 1. The number of benzene rings is 1. The fourth-order valence-electron chi connectivity index (χ4n) is 4.03. The van der Waals surface area contributed by atoms with Gasteiger partial charge in [0.25, 0.3) is 0 Å². The second-order valence-electron chi connectivity index (χ2n) is 6.47. The normalized spacial score (nSPS) is 20.5. The van der Waals surface area contributed by atoms with Gasteiger partial charge in [-0.3, -0.25) is 19.7 Å². The van der Waals surface area contributed by atoms with Gasteiger partial charge in [0.05, 0.1) is 20.1 Å². The van der Waals surface area contributed by atoms with Crippen LogP contribution < -0.4 is 0 Å². The third-order valence-corrected chi connectivity index (χ3v) is 5.19. The van der Waals surface area contributed by atoms with Crippen LogP contribution in [0.5, 0.6) is 0 Å². The van der Waals surface area contributed by atoms with Crippen molar-refractivity contribution < 1.29 is 28.8 Å². The number of H-pyrrole nitrogens is 1. The highest BCUT2D eigenvalue weighted by Crippen LogP contribution is 2.49. The number of carbonyl (C=O) groups excluding carboxylic acids is 3. The summed E-state index contributed by atoms with van der Waals surface area (Å²) in [5.41, 5.74) is -0.704. The Morgan fingerprint density at radius 2 is 1.93 bits per heavy atom. The van der Waals surface area contributed by atoms with E-state index in [1.165, 1.54) is 0 Å². The average Bonchev–Trinajstić information content (AvgIpc) is 3.06. The Bertz CT molecular complexity index is 917. The van der Waals surface area contributed by atoms with E-state index in [-0.39, 0.29) is 12.1 Å². The maximum atomic E-state index is 12.7. The smallest absolute Gasteiger partial charge is 0.329 e. The monoisotopic (exact) mass is 374 g/mol. The van der Waals surface area contributed by atoms with Crippen LogP contribution in [0.4, 0.5) is 0 Å². The summed E-state index contributed by atoms with van der Waals surface area (Å²) < 4.78 is 9.74. The minimum absolute atomic E-state index is 0.187. The summed E-state index contributed by atoms with van der Waals surface area (Å²) >= 11 is 0. The number of aldehydes is 1. The van der Waals surface area contributed by atoms with Crippen molar-refractivity contribution in [1.82, 2.24) is 4.98 Å². The van der Waals surface area contributed by atoms with Gasteiger partial charge in [0.15, 0.2) is 0 Å². The highest BCUT2D eigenvalue weighted by molar-refractivity contribution is 6.08. The quantitative estimate of drug-likeness (QED) is 0.275. The molecule has 1 aromatic heterocycles. The molecule has 1 heterocycles. The Labute approximate surface area is 153 Å². The molecule has 1 aliphatic carbocycles. The van der Waals surface area contributed by atoms with Gasteiger partial charge >= 0.3 is 11.9 Å². The van der Waals surface area contributed by atoms with E-state index in [0.717, 1.165) is 14.2 Å². The summed E-state index contributed by atoms with van der Waals surface area (Å²) in [7, 11) is 2.27. The molecule has 0 bridgehead atoms. The summed E-state index contributed by atoms with van der Waals surface area (Å²) in [5, 5.41) is 11.8. The lowest BCUT2D eigenvalue weighted by Gasteiger charge is -2.37. The van der Waals surface area contributed by atoms with Gasteiger partial charge in [0.2, 0.25) is 12.0 Å². The molecule has 1 aliphatic rings. The maximum absolute atomic E-state index is 12.7. The van der Waals surface area contributed by atoms with E-state index in [4.69, 9.17) is 9.47 Å². The van der Waals surface area contributed by atoms with Gasteiger partial charge in [-0.25, -0.2) is 0 Å². The number of fused-ring (bicyclic) bond motifs is 3. The molecule has 0 radical (unpaired) electrons. The number of rotatable bonds is 5. The highest BCUT2D eigenvalue weighted by Gasteiger charge is 2.59. The summed E-state index contributed by atoms with van der Waals surface area (Å²) in [6, 6.07) is 6.94. The Hall–Kier alpha value is -3.23. The number of carbonyl (C=O) groups is 3. The van der Waals surface area contributed by atoms with E-state index in [1.807, 2.05) is 0 Å². The summed E-state index contributed by atoms with van der Waals surface area (Å²) in [6.45, 7) is -0.503. The van der Waals surface area contributed by atoms with Gasteiger partial charge in [-0.15, -0.1) is 0 Å². The number of aromatic amines is 1. The summed E-state index contributed by atoms with van der Waals surface area (Å²) in [6.07, 6.45) is 0.285. The molecule has 1 N–H and O–H groups in total. The first-order chi connectivity index (χ1) is 12.9. The number of ether oxygens (including phenoxy) is 2. The molecule has 142 valence electrons. The van der Waals surface area contributed by atoms with Crippen molar-refractivity contribution in [2.24, 2.45) is 5.92 Å². The minimum Gasteiger partial charge on any atom is -0.468 e. The van der Waals surface area contributed by atoms with E-state index < -0.39 is 40.7 Å². The van der Waals surface area contributed by atoms with Crippen molar-refractivity contribution in [3.8, 4) is 0 Å². The second kappa shape index (κ2) is 6.82. The van der Waals surface area contributed by atoms with Crippen molar-refractivity contribution in [3.63, 3.8) is 0 Å². The van der Waals surface area contributed by atoms with Crippen LogP contribution in [-0.4, -0.2) is 48.9 Å². The zero-order valence-electron chi connectivity index (χ0n) is 14.8. The third kappa shape index (κ3) is 2.66. The number of hydrogen-bond acceptors (Lipinski definition) is 7. The zero-order chi connectivity index (χ0) is 19.8. The van der Waals surface area contributed by atoms with Crippen LogP contribution in [0.1, 0.15) is 23.6 Å². The van der Waals surface area contributed by atoms with Crippen molar-refractivity contribution >= 4 is 29.1 Å². The molecule has 27 heavy (non-hydrogen) atoms. The molecule has 0 fully saturated rings. The van der Waals surface area contributed by atoms with Crippen molar-refractivity contribution in [3.05, 3.63) is 45.6 Å². The molecule has 0 saturated heterocycles. The minimum atomic E-state index is -1.89. The number of methoxy groups -OCH3 is 2. The largest absolute Gasteiger partial charge is 0.468 e. The van der Waals surface area contributed by atoms with Gasteiger partial charge in [-0.2, -0.15) is 0 Å². The molecule has 0 amide bonds. The van der Waals surface area contributed by atoms with Crippen molar-refractivity contribution in [1.29, 1.82) is 0 Å². The molecule has 9 heteroatoms. The van der Waals surface area contributed by atoms with Crippen LogP contribution in [0.3, 0.4) is 0 Å². The maximum Gasteiger partial charge on any atom is 0.329 e. The number of nitrogens with zero attached hydrogens (tertiary/aromatic N) is 1. The SMILES string of the molecule is COC(=O)C1(C(=O)OC)CC(C=O)C(C[N+](=O)[O-])c2c1[nH]c1ccccc21. The van der Waals surface area contributed by atoms with Gasteiger partial charge in [0.1, 0.15) is 6.29 Å². The van der Waals surface area contributed by atoms with Gasteiger partial charge in [-0.1, -0.05) is 18.2 Å². The van der Waals surface area contributed by atoms with Crippen molar-refractivity contribution in [2.45, 2.75) is 17.8 Å². The first kappa shape index (κ1) is 18.6. The van der Waals surface area contributed by atoms with E-state index in [0.29, 0.717) is 22.8 Å². The van der Waals surface area contributed by atoms with Crippen LogP contribution >= 0.6 is 0 Å². The molecular formula is C18H18N2O7. The Balaban J connectivity index is 2.39. The van der Waals surface area contributed by atoms with Crippen molar-refractivity contribution in [2.75, 3.05) is 20.8 Å². The fourth-order valence-corrected chi connectivity index (χ4v) is 4.03. The van der Waals surface area contributed by atoms with Crippen LogP contribution in [0.2, 0.25) is 0 Å². The van der Waals surface area contributed by atoms with E-state index >= 15 is 0 Å². The first-order valence-electron chi connectivity index (χ1n) is 8.25. The first-order valence-corrected chi connectivity index (χ1v) is 8.25. The molecular weight excluding hydrogens is 356 g/mol. The Morgan fingerprint density at radius 1 is 1.30 bits per heavy atom. The number of esters is 2. The lowest BCUT2D eigenvalue weighted by Crippen LogP contribution is -2.51. The highest BCUT2D eigenvalue weighted by atomic mass is 16.6. The Morgan fingerprint density at radius 3 is 2.48 bits per heavy atom. The molecule has 1 aromatic carbocycles. The molecule has 0 saturated carbocycles. The predicted molar refractivity (Wildman–Crippen MR) is 92.8 cm³/mol. The van der Waals surface area contributed by atoms with E-state index in [2.05, 4.69) is 4.98 Å². The Kier molecular flexibility index (Phi) is 4.69. The molecule has 2 unspecified atom stereocenters. The molecule has 2 aromatic rings. The molecule has 3 rings (SSSR count). The topological polar surface area (TPSA) is 129 Å². The number of nitrogens with one attached hydrogen (secondary N) is 1. The number of nitro groups is 1. The van der Waals surface area contributed by atoms with Crippen LogP contribution in [0, 0.1) is 16.0 Å². The zero-order valence-corrected chi connectivity index (χ0v) is 14.8. The molecule has 9 nitrogen and oxygen atoms in total. The number of hydrogen-bond donors (Lipinski definition) is 1. The fraction of sp³-hybridized carbons (Fsp3) is 0.389. The predicted octanol–water partition coefficient (Wildman–Crippen LogP) is 1.33. The van der Waals surface area contributed by atoms with Gasteiger partial charge in [0, 0.05) is 27.4 Å². The molecule has 0 aliphatic heterocycles. The lowest BCUT2D eigenvalue weighted by molar-refractivity contribution is -0.484. The number of para-hydroxylation sites is 1. The standard InChI is InChI=1S/C18H18N2O7/c1-26-16(22)18(17(23)27-2)7-10(9-21)12(8-20(24)25)14-11-5-3-4-6-13(11)19-15(14)18/h3-6,9-10,12,19H,7-8H2,1-2H3. The van der Waals surface area contributed by atoms with Gasteiger partial charge < -0.3 is 19.3 Å². The van der Waals surface area contributed by atoms with E-state index in [1.54, 1.807) is 24.3 Å². The van der Waals surface area contributed by atoms with Crippen LogP contribution in [0.15, 0.2) is 24.3 Å². The average molecular weight is 374 g/mol. The molecule has 0 spiro atoms. The summed E-state index contributed by atoms with van der Waals surface area (Å²) in [5.74, 6) is -3.48. The third-order valence-electron chi connectivity index (χ3n) is 5.19. The second-order valence-corrected chi connectivity index (χ2v) is 6.47. The lowest BCUT2D eigenvalue weighted by atomic mass is 9.64. The van der Waals surface area contributed by atoms with Crippen LogP contribution in [-0.2, 0) is 29.3 Å². The molecule has 2 atom stereocenters.